The lowest BCUT2D eigenvalue weighted by Gasteiger charge is -2.52. The van der Waals surface area contributed by atoms with Crippen molar-refractivity contribution in [2.75, 3.05) is 40.1 Å². The average Bonchev–Trinajstić information content (AvgIpc) is 2.93. The summed E-state index contributed by atoms with van der Waals surface area (Å²) >= 11 is 0. The first-order valence-electron chi connectivity index (χ1n) is 14.5. The second-order valence-corrected chi connectivity index (χ2v) is 12.8. The molecular formula is C32H36F2N4O7. The normalized spacial score (nSPS) is 27.8. The standard InChI is InChI=1S/C32H36F2N4O7/c1-36(2)21-11-15(12-38(5)13-17-19(33)7-6-8-20(17)34)26(39)23-16(21)9-14-10-18-25(37(3)4)28(41)24(31(35)44)30(43)32(18,45)29(42)22(14)27(23)40/h6-8,11,14,18,22,24-25,39,45H,9-10,12-13H2,1-5H3,(H2,35,44)/t14-,18-,22?,24?,25-,32-/m0/s1. The topological polar surface area (TPSA) is 162 Å². The van der Waals surface area contributed by atoms with Gasteiger partial charge in [-0.2, -0.15) is 0 Å². The van der Waals surface area contributed by atoms with E-state index in [1.54, 1.807) is 37.0 Å². The molecule has 6 atom stereocenters. The fourth-order valence-electron chi connectivity index (χ4n) is 7.53. The molecule has 0 saturated heterocycles. The van der Waals surface area contributed by atoms with Gasteiger partial charge in [0, 0.05) is 49.9 Å². The molecule has 0 spiro atoms. The maximum absolute atomic E-state index is 14.3. The number of halogens is 2. The number of phenolic OH excluding ortho intramolecular Hbond substituents is 1. The largest absolute Gasteiger partial charge is 0.507 e. The molecule has 0 bridgehead atoms. The van der Waals surface area contributed by atoms with Gasteiger partial charge in [0.05, 0.1) is 17.5 Å². The Morgan fingerprint density at radius 2 is 1.64 bits per heavy atom. The van der Waals surface area contributed by atoms with Crippen LogP contribution in [0, 0.1) is 35.3 Å². The Hall–Kier alpha value is -4.07. The van der Waals surface area contributed by atoms with Crippen molar-refractivity contribution in [3.05, 3.63) is 58.2 Å². The van der Waals surface area contributed by atoms with Crippen LogP contribution in [0.2, 0.25) is 0 Å². The summed E-state index contributed by atoms with van der Waals surface area (Å²) in [5.41, 5.74) is 3.52. The lowest BCUT2D eigenvalue weighted by Crippen LogP contribution is -2.74. The Morgan fingerprint density at radius 3 is 2.20 bits per heavy atom. The molecule has 0 aliphatic heterocycles. The van der Waals surface area contributed by atoms with Crippen LogP contribution in [0.3, 0.4) is 0 Å². The molecule has 2 fully saturated rings. The van der Waals surface area contributed by atoms with Crippen LogP contribution in [0.4, 0.5) is 14.5 Å². The molecule has 2 saturated carbocycles. The number of fused-ring (bicyclic) bond motifs is 3. The number of carbonyl (C=O) groups is 5. The summed E-state index contributed by atoms with van der Waals surface area (Å²) in [7, 11) is 8.11. The summed E-state index contributed by atoms with van der Waals surface area (Å²) in [6, 6.07) is 4.02. The zero-order valence-electron chi connectivity index (χ0n) is 25.6. The van der Waals surface area contributed by atoms with Gasteiger partial charge >= 0.3 is 0 Å². The average molecular weight is 627 g/mol. The van der Waals surface area contributed by atoms with E-state index in [2.05, 4.69) is 0 Å². The van der Waals surface area contributed by atoms with Crippen molar-refractivity contribution >= 4 is 34.7 Å². The smallest absolute Gasteiger partial charge is 0.235 e. The number of aromatic hydroxyl groups is 1. The van der Waals surface area contributed by atoms with Crippen LogP contribution in [-0.2, 0) is 38.7 Å². The van der Waals surface area contributed by atoms with E-state index in [1.807, 2.05) is 0 Å². The number of ketones is 4. The maximum Gasteiger partial charge on any atom is 0.235 e. The molecule has 11 nitrogen and oxygen atoms in total. The van der Waals surface area contributed by atoms with Gasteiger partial charge in [0.25, 0.3) is 0 Å². The number of rotatable bonds is 7. The number of Topliss-reactive ketones (excluding diaryl/α,β-unsaturated/α-hetero) is 4. The summed E-state index contributed by atoms with van der Waals surface area (Å²) in [5.74, 6) is -12.8. The number of benzene rings is 2. The molecule has 13 heteroatoms. The molecular weight excluding hydrogens is 590 g/mol. The van der Waals surface area contributed by atoms with E-state index in [1.165, 1.54) is 25.1 Å². The minimum Gasteiger partial charge on any atom is -0.507 e. The fourth-order valence-corrected chi connectivity index (χ4v) is 7.53. The van der Waals surface area contributed by atoms with Gasteiger partial charge < -0.3 is 20.8 Å². The molecule has 2 aromatic carbocycles. The number of amides is 1. The third-order valence-corrected chi connectivity index (χ3v) is 9.53. The first kappa shape index (κ1) is 32.3. The van der Waals surface area contributed by atoms with Crippen LogP contribution in [-0.4, -0.2) is 95.9 Å². The molecule has 0 heterocycles. The summed E-state index contributed by atoms with van der Waals surface area (Å²) in [6.45, 7) is -0.173. The highest BCUT2D eigenvalue weighted by molar-refractivity contribution is 6.32. The molecule has 240 valence electrons. The van der Waals surface area contributed by atoms with E-state index >= 15 is 0 Å². The zero-order valence-corrected chi connectivity index (χ0v) is 25.6. The molecule has 4 N–H and O–H groups in total. The van der Waals surface area contributed by atoms with E-state index < -0.39 is 81.7 Å². The van der Waals surface area contributed by atoms with E-state index in [4.69, 9.17) is 5.73 Å². The molecule has 3 aliphatic rings. The summed E-state index contributed by atoms with van der Waals surface area (Å²) in [5, 5.41) is 23.2. The van der Waals surface area contributed by atoms with Gasteiger partial charge in [0.15, 0.2) is 34.7 Å². The van der Waals surface area contributed by atoms with Crippen molar-refractivity contribution in [3.63, 3.8) is 0 Å². The number of carbonyl (C=O) groups excluding carboxylic acids is 5. The summed E-state index contributed by atoms with van der Waals surface area (Å²) in [6.07, 6.45) is 0.0552. The molecule has 3 aliphatic carbocycles. The minimum atomic E-state index is -2.82. The Labute approximate surface area is 258 Å². The number of anilines is 1. The van der Waals surface area contributed by atoms with Crippen molar-refractivity contribution in [3.8, 4) is 5.75 Å². The highest BCUT2D eigenvalue weighted by Crippen LogP contribution is 2.52. The van der Waals surface area contributed by atoms with Gasteiger partial charge in [-0.3, -0.25) is 33.8 Å². The van der Waals surface area contributed by atoms with Crippen molar-refractivity contribution in [2.45, 2.75) is 37.6 Å². The highest BCUT2D eigenvalue weighted by Gasteiger charge is 2.69. The van der Waals surface area contributed by atoms with Crippen molar-refractivity contribution in [1.29, 1.82) is 0 Å². The third-order valence-electron chi connectivity index (χ3n) is 9.53. The van der Waals surface area contributed by atoms with Gasteiger partial charge in [-0.15, -0.1) is 0 Å². The first-order chi connectivity index (χ1) is 21.0. The Kier molecular flexibility index (Phi) is 8.17. The molecule has 0 aromatic heterocycles. The van der Waals surface area contributed by atoms with E-state index in [-0.39, 0.29) is 42.6 Å². The fraction of sp³-hybridized carbons (Fsp3) is 0.469. The van der Waals surface area contributed by atoms with Gasteiger partial charge in [-0.25, -0.2) is 8.78 Å². The summed E-state index contributed by atoms with van der Waals surface area (Å²) in [4.78, 5) is 72.0. The van der Waals surface area contributed by atoms with Crippen molar-refractivity contribution < 1.29 is 43.0 Å². The molecule has 2 unspecified atom stereocenters. The zero-order chi connectivity index (χ0) is 33.3. The maximum atomic E-state index is 14.3. The van der Waals surface area contributed by atoms with E-state index in [0.29, 0.717) is 11.3 Å². The molecule has 0 radical (unpaired) electrons. The Morgan fingerprint density at radius 1 is 1.02 bits per heavy atom. The second kappa shape index (κ2) is 11.4. The number of hydrogen-bond donors (Lipinski definition) is 3. The van der Waals surface area contributed by atoms with Crippen LogP contribution >= 0.6 is 0 Å². The van der Waals surface area contributed by atoms with Crippen LogP contribution in [0.25, 0.3) is 0 Å². The molecule has 5 rings (SSSR count). The number of hydrogen-bond acceptors (Lipinski definition) is 10. The molecule has 1 amide bonds. The number of nitrogens with zero attached hydrogens (tertiary/aromatic N) is 3. The van der Waals surface area contributed by atoms with Gasteiger partial charge in [-0.1, -0.05) is 6.07 Å². The number of nitrogens with two attached hydrogens (primary N) is 1. The van der Waals surface area contributed by atoms with Crippen LogP contribution in [0.15, 0.2) is 24.3 Å². The predicted molar refractivity (Wildman–Crippen MR) is 157 cm³/mol. The van der Waals surface area contributed by atoms with E-state index in [0.717, 1.165) is 12.1 Å². The molecule has 45 heavy (non-hydrogen) atoms. The lowest BCUT2D eigenvalue weighted by atomic mass is 9.52. The van der Waals surface area contributed by atoms with Gasteiger partial charge in [-0.05, 0) is 63.7 Å². The van der Waals surface area contributed by atoms with Gasteiger partial charge in [0.1, 0.15) is 17.4 Å². The first-order valence-corrected chi connectivity index (χ1v) is 14.5. The third kappa shape index (κ3) is 4.93. The monoisotopic (exact) mass is 626 g/mol. The quantitative estimate of drug-likeness (QED) is 0.376. The SMILES string of the molecule is CN(Cc1cc(N(C)C)c2c(c1O)C(=O)C1C(=O)[C@]3(O)C(=O)C(C(N)=O)C(=O)[C@@H](N(C)C)[C@@H]3C[C@@H]1C2)Cc1c(F)cccc1F. The number of primary amides is 1. The number of aliphatic hydroxyl groups is 1. The van der Waals surface area contributed by atoms with Crippen LogP contribution in [0.5, 0.6) is 5.75 Å². The second-order valence-electron chi connectivity index (χ2n) is 12.8. The summed E-state index contributed by atoms with van der Waals surface area (Å²) < 4.78 is 28.6. The van der Waals surface area contributed by atoms with Crippen molar-refractivity contribution in [1.82, 2.24) is 9.80 Å². The highest BCUT2D eigenvalue weighted by atomic mass is 19.1. The van der Waals surface area contributed by atoms with Crippen molar-refractivity contribution in [2.24, 2.45) is 29.4 Å². The number of likely N-dealkylation sites (N-methyl/N-ethyl adjacent to an activating group) is 1. The Balaban J connectivity index is 1.57. The molecule has 2 aromatic rings. The minimum absolute atomic E-state index is 0.0273. The lowest BCUT2D eigenvalue weighted by molar-refractivity contribution is -0.181. The van der Waals surface area contributed by atoms with Crippen LogP contribution < -0.4 is 10.6 Å². The van der Waals surface area contributed by atoms with Crippen LogP contribution in [0.1, 0.15) is 33.5 Å². The van der Waals surface area contributed by atoms with E-state index in [9.17, 15) is 43.0 Å². The number of phenols is 1. The van der Waals surface area contributed by atoms with Gasteiger partial charge in [0.2, 0.25) is 5.91 Å². The Bertz CT molecular complexity index is 1620. The predicted octanol–water partition coefficient (Wildman–Crippen LogP) is 0.843.